The number of amides is 1. The lowest BCUT2D eigenvalue weighted by Gasteiger charge is -2.31. The number of hydrogen-bond donors (Lipinski definition) is 1. The smallest absolute Gasteiger partial charge is 0.407 e. The van der Waals surface area contributed by atoms with E-state index in [1.54, 1.807) is 20.8 Å². The first-order chi connectivity index (χ1) is 11.8. The average Bonchev–Trinajstić information content (AvgIpc) is 2.92. The summed E-state index contributed by atoms with van der Waals surface area (Å²) in [5, 5.41) is 12.5. The summed E-state index contributed by atoms with van der Waals surface area (Å²) in [6.07, 6.45) is 2.17. The van der Waals surface area contributed by atoms with Crippen molar-refractivity contribution in [2.24, 2.45) is 5.41 Å². The molecule has 5 nitrogen and oxygen atoms in total. The van der Waals surface area contributed by atoms with Crippen LogP contribution in [0.5, 0.6) is 0 Å². The van der Waals surface area contributed by atoms with E-state index >= 15 is 0 Å². The SMILES string of the molecule is CC(C)(C)OC(=O)N[C@@H](CCc1ccccc1)[C@@]1(C#N)CCCC1=O. The van der Waals surface area contributed by atoms with Crippen molar-refractivity contribution < 1.29 is 14.3 Å². The normalized spacial score (nSPS) is 21.4. The Bertz CT molecular complexity index is 658. The number of Topliss-reactive ketones (excluding diaryl/α,β-unsaturated/α-hetero) is 1. The van der Waals surface area contributed by atoms with E-state index in [2.05, 4.69) is 11.4 Å². The van der Waals surface area contributed by atoms with E-state index in [9.17, 15) is 14.9 Å². The molecule has 1 saturated carbocycles. The number of benzene rings is 1. The van der Waals surface area contributed by atoms with Gasteiger partial charge in [-0.1, -0.05) is 30.3 Å². The highest BCUT2D eigenvalue weighted by atomic mass is 16.6. The molecule has 0 aliphatic heterocycles. The number of aryl methyl sites for hydroxylation is 1. The molecule has 0 heterocycles. The number of alkyl carbamates (subject to hydrolysis) is 1. The van der Waals surface area contributed by atoms with E-state index in [0.29, 0.717) is 32.1 Å². The zero-order valence-electron chi connectivity index (χ0n) is 15.2. The molecule has 5 heteroatoms. The molecule has 25 heavy (non-hydrogen) atoms. The Balaban J connectivity index is 2.17. The van der Waals surface area contributed by atoms with Gasteiger partial charge >= 0.3 is 6.09 Å². The van der Waals surface area contributed by atoms with Crippen LogP contribution in [0.1, 0.15) is 52.0 Å². The summed E-state index contributed by atoms with van der Waals surface area (Å²) in [7, 11) is 0. The van der Waals surface area contributed by atoms with Gasteiger partial charge in [0.2, 0.25) is 0 Å². The maximum Gasteiger partial charge on any atom is 0.407 e. The summed E-state index contributed by atoms with van der Waals surface area (Å²) < 4.78 is 5.33. The number of carbonyl (C=O) groups excluding carboxylic acids is 2. The summed E-state index contributed by atoms with van der Waals surface area (Å²) in [4.78, 5) is 24.7. The Hall–Kier alpha value is -2.35. The molecule has 2 rings (SSSR count). The highest BCUT2D eigenvalue weighted by molar-refractivity contribution is 5.90. The van der Waals surface area contributed by atoms with Gasteiger partial charge in [-0.25, -0.2) is 4.79 Å². The van der Waals surface area contributed by atoms with Gasteiger partial charge in [-0.2, -0.15) is 5.26 Å². The van der Waals surface area contributed by atoms with Crippen molar-refractivity contribution in [3.63, 3.8) is 0 Å². The van der Waals surface area contributed by atoms with E-state index in [1.165, 1.54) is 0 Å². The predicted octanol–water partition coefficient (Wildman–Crippen LogP) is 3.78. The molecule has 0 radical (unpaired) electrons. The van der Waals surface area contributed by atoms with E-state index < -0.39 is 23.2 Å². The van der Waals surface area contributed by atoms with E-state index in [1.807, 2.05) is 30.3 Å². The molecule has 1 aromatic carbocycles. The van der Waals surface area contributed by atoms with Crippen LogP contribution in [-0.4, -0.2) is 23.5 Å². The molecule has 1 aliphatic carbocycles. The third-order valence-corrected chi connectivity index (χ3v) is 4.52. The molecule has 1 aromatic rings. The zero-order chi connectivity index (χ0) is 18.5. The van der Waals surface area contributed by atoms with E-state index in [0.717, 1.165) is 5.56 Å². The molecule has 1 aliphatic rings. The Morgan fingerprint density at radius 2 is 2.04 bits per heavy atom. The molecular weight excluding hydrogens is 316 g/mol. The van der Waals surface area contributed by atoms with Crippen LogP contribution in [0.4, 0.5) is 4.79 Å². The first-order valence-electron chi connectivity index (χ1n) is 8.75. The summed E-state index contributed by atoms with van der Waals surface area (Å²) >= 11 is 0. The number of nitrogens with zero attached hydrogens (tertiary/aromatic N) is 1. The van der Waals surface area contributed by atoms with Crippen molar-refractivity contribution >= 4 is 11.9 Å². The zero-order valence-corrected chi connectivity index (χ0v) is 15.2. The van der Waals surface area contributed by atoms with Gasteiger partial charge in [-0.3, -0.25) is 4.79 Å². The molecule has 1 N–H and O–H groups in total. The Labute approximate surface area is 149 Å². The molecule has 0 unspecified atom stereocenters. The fraction of sp³-hybridized carbons (Fsp3) is 0.550. The van der Waals surface area contributed by atoms with Crippen LogP contribution in [0.2, 0.25) is 0 Å². The van der Waals surface area contributed by atoms with E-state index in [4.69, 9.17) is 4.74 Å². The van der Waals surface area contributed by atoms with Crippen LogP contribution in [0.3, 0.4) is 0 Å². The third-order valence-electron chi connectivity index (χ3n) is 4.52. The number of nitrogens with one attached hydrogen (secondary N) is 1. The highest BCUT2D eigenvalue weighted by Crippen LogP contribution is 2.39. The largest absolute Gasteiger partial charge is 0.444 e. The first-order valence-corrected chi connectivity index (χ1v) is 8.75. The maximum atomic E-state index is 12.4. The molecular formula is C20H26N2O3. The maximum absolute atomic E-state index is 12.4. The third kappa shape index (κ3) is 4.82. The lowest BCUT2D eigenvalue weighted by Crippen LogP contribution is -2.50. The second-order valence-corrected chi connectivity index (χ2v) is 7.58. The average molecular weight is 342 g/mol. The second-order valence-electron chi connectivity index (χ2n) is 7.58. The minimum Gasteiger partial charge on any atom is -0.444 e. The van der Waals surface area contributed by atoms with Gasteiger partial charge in [-0.05, 0) is 52.0 Å². The molecule has 0 aromatic heterocycles. The molecule has 0 saturated heterocycles. The first kappa shape index (κ1) is 19.0. The van der Waals surface area contributed by atoms with Gasteiger partial charge < -0.3 is 10.1 Å². The number of ketones is 1. The minimum atomic E-state index is -1.15. The number of carbonyl (C=O) groups is 2. The van der Waals surface area contributed by atoms with Gasteiger partial charge in [0.15, 0.2) is 5.78 Å². The van der Waals surface area contributed by atoms with Gasteiger partial charge in [0.1, 0.15) is 11.0 Å². The van der Waals surface area contributed by atoms with Crippen LogP contribution >= 0.6 is 0 Å². The minimum absolute atomic E-state index is 0.0795. The van der Waals surface area contributed by atoms with Crippen molar-refractivity contribution in [2.75, 3.05) is 0 Å². The summed E-state index contributed by atoms with van der Waals surface area (Å²) in [5.74, 6) is -0.0795. The Morgan fingerprint density at radius 1 is 1.36 bits per heavy atom. The molecule has 2 atom stereocenters. The lowest BCUT2D eigenvalue weighted by atomic mass is 9.76. The van der Waals surface area contributed by atoms with Crippen LogP contribution in [0, 0.1) is 16.7 Å². The fourth-order valence-corrected chi connectivity index (χ4v) is 3.30. The van der Waals surface area contributed by atoms with Crippen molar-refractivity contribution in [2.45, 2.75) is 64.5 Å². The van der Waals surface area contributed by atoms with Crippen molar-refractivity contribution in [1.29, 1.82) is 5.26 Å². The van der Waals surface area contributed by atoms with Crippen LogP contribution in [0.25, 0.3) is 0 Å². The van der Waals surface area contributed by atoms with Gasteiger partial charge in [0.05, 0.1) is 12.1 Å². The van der Waals surface area contributed by atoms with Crippen molar-refractivity contribution in [3.8, 4) is 6.07 Å². The van der Waals surface area contributed by atoms with Gasteiger partial charge in [-0.15, -0.1) is 0 Å². The highest BCUT2D eigenvalue weighted by Gasteiger charge is 2.49. The number of ether oxygens (including phenoxy) is 1. The second kappa shape index (κ2) is 7.69. The Morgan fingerprint density at radius 3 is 2.56 bits per heavy atom. The van der Waals surface area contributed by atoms with Gasteiger partial charge in [0, 0.05) is 6.42 Å². The topological polar surface area (TPSA) is 79.2 Å². The Kier molecular flexibility index (Phi) is 5.84. The predicted molar refractivity (Wildman–Crippen MR) is 94.8 cm³/mol. The number of rotatable bonds is 5. The lowest BCUT2D eigenvalue weighted by molar-refractivity contribution is -0.124. The summed E-state index contributed by atoms with van der Waals surface area (Å²) in [5.41, 5.74) is -0.670. The van der Waals surface area contributed by atoms with Crippen molar-refractivity contribution in [1.82, 2.24) is 5.32 Å². The number of nitriles is 1. The number of hydrogen-bond acceptors (Lipinski definition) is 4. The quantitative estimate of drug-likeness (QED) is 0.883. The van der Waals surface area contributed by atoms with Crippen LogP contribution < -0.4 is 5.32 Å². The monoisotopic (exact) mass is 342 g/mol. The molecule has 0 spiro atoms. The van der Waals surface area contributed by atoms with Crippen molar-refractivity contribution in [3.05, 3.63) is 35.9 Å². The van der Waals surface area contributed by atoms with Crippen LogP contribution in [-0.2, 0) is 16.0 Å². The fourth-order valence-electron chi connectivity index (χ4n) is 3.30. The summed E-state index contributed by atoms with van der Waals surface area (Å²) in [6, 6.07) is 11.5. The molecule has 1 fully saturated rings. The standard InChI is InChI=1S/C20H26N2O3/c1-19(2,3)25-18(24)22-16(12-11-15-8-5-4-6-9-15)20(14-21)13-7-10-17(20)23/h4-6,8-9,16H,7,10-13H2,1-3H3,(H,22,24)/t16-,20-/m0/s1. The summed E-state index contributed by atoms with van der Waals surface area (Å²) in [6.45, 7) is 5.35. The van der Waals surface area contributed by atoms with E-state index in [-0.39, 0.29) is 5.78 Å². The van der Waals surface area contributed by atoms with Gasteiger partial charge in [0.25, 0.3) is 0 Å². The molecule has 0 bridgehead atoms. The molecule has 134 valence electrons. The molecule has 1 amide bonds. The van der Waals surface area contributed by atoms with Crippen LogP contribution in [0.15, 0.2) is 30.3 Å².